The number of aryl methyl sites for hydroxylation is 1. The maximum atomic E-state index is 12.6. The van der Waals surface area contributed by atoms with Crippen molar-refractivity contribution in [3.8, 4) is 0 Å². The first-order valence-corrected chi connectivity index (χ1v) is 9.72. The molecule has 0 saturated heterocycles. The SMILES string of the molecule is CSc1cccc(NC(=O)c2ccc(C)c(NC(=O)c3ccccc3)c2)c1. The Kier molecular flexibility index (Phi) is 5.94. The summed E-state index contributed by atoms with van der Waals surface area (Å²) in [6, 6.07) is 21.9. The van der Waals surface area contributed by atoms with Crippen molar-refractivity contribution in [1.29, 1.82) is 0 Å². The fourth-order valence-electron chi connectivity index (χ4n) is 2.59. The van der Waals surface area contributed by atoms with Gasteiger partial charge in [0.15, 0.2) is 0 Å². The molecule has 27 heavy (non-hydrogen) atoms. The molecule has 0 atom stereocenters. The second kappa shape index (κ2) is 8.56. The Hall–Kier alpha value is -3.05. The summed E-state index contributed by atoms with van der Waals surface area (Å²) in [5, 5.41) is 5.78. The minimum atomic E-state index is -0.219. The first-order valence-electron chi connectivity index (χ1n) is 8.49. The van der Waals surface area contributed by atoms with Crippen molar-refractivity contribution >= 4 is 35.0 Å². The second-order valence-electron chi connectivity index (χ2n) is 6.04. The summed E-state index contributed by atoms with van der Waals surface area (Å²) in [4.78, 5) is 26.1. The van der Waals surface area contributed by atoms with Gasteiger partial charge in [-0.15, -0.1) is 11.8 Å². The molecular weight excluding hydrogens is 356 g/mol. The molecule has 0 aliphatic rings. The molecule has 136 valence electrons. The fourth-order valence-corrected chi connectivity index (χ4v) is 3.05. The van der Waals surface area contributed by atoms with E-state index in [0.29, 0.717) is 16.8 Å². The average Bonchev–Trinajstić information content (AvgIpc) is 2.70. The number of hydrogen-bond donors (Lipinski definition) is 2. The normalized spacial score (nSPS) is 10.3. The summed E-state index contributed by atoms with van der Waals surface area (Å²) in [7, 11) is 0. The summed E-state index contributed by atoms with van der Waals surface area (Å²) in [6.45, 7) is 1.89. The van der Waals surface area contributed by atoms with E-state index in [0.717, 1.165) is 16.1 Å². The zero-order chi connectivity index (χ0) is 19.2. The highest BCUT2D eigenvalue weighted by molar-refractivity contribution is 7.98. The van der Waals surface area contributed by atoms with Crippen LogP contribution in [-0.4, -0.2) is 18.1 Å². The standard InChI is InChI=1S/C22H20N2O2S/c1-15-11-12-17(22(26)23-18-9-6-10-19(14-18)27-2)13-20(15)24-21(25)16-7-4-3-5-8-16/h3-14H,1-2H3,(H,23,26)(H,24,25). The minimum Gasteiger partial charge on any atom is -0.322 e. The lowest BCUT2D eigenvalue weighted by atomic mass is 10.1. The monoisotopic (exact) mass is 376 g/mol. The molecule has 0 bridgehead atoms. The quantitative estimate of drug-likeness (QED) is 0.600. The summed E-state index contributed by atoms with van der Waals surface area (Å²) in [5.74, 6) is -0.424. The first kappa shape index (κ1) is 18.7. The van der Waals surface area contributed by atoms with E-state index < -0.39 is 0 Å². The third-order valence-corrected chi connectivity index (χ3v) is 4.84. The van der Waals surface area contributed by atoms with Crippen molar-refractivity contribution < 1.29 is 9.59 Å². The van der Waals surface area contributed by atoms with E-state index in [1.165, 1.54) is 0 Å². The van der Waals surface area contributed by atoms with Crippen molar-refractivity contribution in [3.63, 3.8) is 0 Å². The molecule has 5 heteroatoms. The number of thioether (sulfide) groups is 1. The molecule has 2 amide bonds. The van der Waals surface area contributed by atoms with E-state index in [-0.39, 0.29) is 11.8 Å². The summed E-state index contributed by atoms with van der Waals surface area (Å²) in [6.07, 6.45) is 1.99. The Morgan fingerprint density at radius 2 is 1.52 bits per heavy atom. The third-order valence-electron chi connectivity index (χ3n) is 4.11. The first-order chi connectivity index (χ1) is 13.1. The molecule has 2 N–H and O–H groups in total. The van der Waals surface area contributed by atoms with E-state index in [4.69, 9.17) is 0 Å². The number of amides is 2. The molecule has 0 spiro atoms. The molecule has 3 aromatic rings. The summed E-state index contributed by atoms with van der Waals surface area (Å²) in [5.41, 5.74) is 3.30. The zero-order valence-corrected chi connectivity index (χ0v) is 16.0. The van der Waals surface area contributed by atoms with Crippen LogP contribution in [0.1, 0.15) is 26.3 Å². The maximum absolute atomic E-state index is 12.6. The van der Waals surface area contributed by atoms with Gasteiger partial charge in [0.25, 0.3) is 11.8 Å². The van der Waals surface area contributed by atoms with Gasteiger partial charge < -0.3 is 10.6 Å². The van der Waals surface area contributed by atoms with Crippen LogP contribution >= 0.6 is 11.8 Å². The fraction of sp³-hybridized carbons (Fsp3) is 0.0909. The molecule has 0 fully saturated rings. The highest BCUT2D eigenvalue weighted by Crippen LogP contribution is 2.21. The predicted molar refractivity (Wildman–Crippen MR) is 112 cm³/mol. The van der Waals surface area contributed by atoms with E-state index in [9.17, 15) is 9.59 Å². The van der Waals surface area contributed by atoms with Gasteiger partial charge in [0.2, 0.25) is 0 Å². The lowest BCUT2D eigenvalue weighted by Gasteiger charge is -2.11. The van der Waals surface area contributed by atoms with Crippen molar-refractivity contribution in [2.24, 2.45) is 0 Å². The molecule has 0 aliphatic heterocycles. The number of rotatable bonds is 5. The van der Waals surface area contributed by atoms with Gasteiger partial charge in [-0.2, -0.15) is 0 Å². The Morgan fingerprint density at radius 1 is 0.778 bits per heavy atom. The van der Waals surface area contributed by atoms with Crippen LogP contribution in [0.5, 0.6) is 0 Å². The van der Waals surface area contributed by atoms with Crippen molar-refractivity contribution in [2.45, 2.75) is 11.8 Å². The Morgan fingerprint density at radius 3 is 2.26 bits per heavy atom. The summed E-state index contributed by atoms with van der Waals surface area (Å²) >= 11 is 1.62. The van der Waals surface area contributed by atoms with Gasteiger partial charge in [-0.05, 0) is 61.2 Å². The Balaban J connectivity index is 1.78. The van der Waals surface area contributed by atoms with E-state index in [1.807, 2.05) is 61.7 Å². The average molecular weight is 376 g/mol. The second-order valence-corrected chi connectivity index (χ2v) is 6.92. The van der Waals surface area contributed by atoms with Crippen LogP contribution in [0.4, 0.5) is 11.4 Å². The van der Waals surface area contributed by atoms with Crippen LogP contribution < -0.4 is 10.6 Å². The van der Waals surface area contributed by atoms with Crippen molar-refractivity contribution in [2.75, 3.05) is 16.9 Å². The van der Waals surface area contributed by atoms with Gasteiger partial charge in [0.1, 0.15) is 0 Å². The summed E-state index contributed by atoms with van der Waals surface area (Å²) < 4.78 is 0. The van der Waals surface area contributed by atoms with Gasteiger partial charge in [0, 0.05) is 27.4 Å². The van der Waals surface area contributed by atoms with Gasteiger partial charge in [-0.1, -0.05) is 30.3 Å². The number of hydrogen-bond acceptors (Lipinski definition) is 3. The molecule has 3 rings (SSSR count). The van der Waals surface area contributed by atoms with Crippen molar-refractivity contribution in [3.05, 3.63) is 89.5 Å². The van der Waals surface area contributed by atoms with Gasteiger partial charge in [0.05, 0.1) is 0 Å². The molecule has 0 saturated carbocycles. The van der Waals surface area contributed by atoms with Crippen LogP contribution in [0.15, 0.2) is 77.7 Å². The number of carbonyl (C=O) groups is 2. The number of anilines is 2. The molecule has 4 nitrogen and oxygen atoms in total. The van der Waals surface area contributed by atoms with Crippen LogP contribution in [0, 0.1) is 6.92 Å². The lowest BCUT2D eigenvalue weighted by Crippen LogP contribution is -2.15. The topological polar surface area (TPSA) is 58.2 Å². The zero-order valence-electron chi connectivity index (χ0n) is 15.2. The molecule has 0 aromatic heterocycles. The molecule has 0 aliphatic carbocycles. The Labute approximate surface area is 163 Å². The van der Waals surface area contributed by atoms with E-state index in [2.05, 4.69) is 10.6 Å². The predicted octanol–water partition coefficient (Wildman–Crippen LogP) is 5.22. The number of benzene rings is 3. The molecule has 0 unspecified atom stereocenters. The van der Waals surface area contributed by atoms with E-state index >= 15 is 0 Å². The molecule has 0 radical (unpaired) electrons. The van der Waals surface area contributed by atoms with Gasteiger partial charge >= 0.3 is 0 Å². The highest BCUT2D eigenvalue weighted by Gasteiger charge is 2.12. The van der Waals surface area contributed by atoms with Crippen molar-refractivity contribution in [1.82, 2.24) is 0 Å². The van der Waals surface area contributed by atoms with Crippen LogP contribution in [0.25, 0.3) is 0 Å². The number of nitrogens with one attached hydrogen (secondary N) is 2. The number of carbonyl (C=O) groups excluding carboxylic acids is 2. The van der Waals surface area contributed by atoms with Gasteiger partial charge in [-0.25, -0.2) is 0 Å². The van der Waals surface area contributed by atoms with Gasteiger partial charge in [-0.3, -0.25) is 9.59 Å². The highest BCUT2D eigenvalue weighted by atomic mass is 32.2. The third kappa shape index (κ3) is 4.77. The van der Waals surface area contributed by atoms with Crippen LogP contribution in [0.2, 0.25) is 0 Å². The lowest BCUT2D eigenvalue weighted by molar-refractivity contribution is 0.101. The molecule has 0 heterocycles. The molecular formula is C22H20N2O2S. The maximum Gasteiger partial charge on any atom is 0.255 e. The molecule has 3 aromatic carbocycles. The Bertz CT molecular complexity index is 971. The smallest absolute Gasteiger partial charge is 0.255 e. The largest absolute Gasteiger partial charge is 0.322 e. The minimum absolute atomic E-state index is 0.205. The van der Waals surface area contributed by atoms with Crippen LogP contribution in [-0.2, 0) is 0 Å². The van der Waals surface area contributed by atoms with E-state index in [1.54, 1.807) is 36.0 Å². The van der Waals surface area contributed by atoms with Crippen LogP contribution in [0.3, 0.4) is 0 Å².